The number of benzene rings is 1. The van der Waals surface area contributed by atoms with E-state index in [0.717, 1.165) is 32.1 Å². The molecule has 0 spiro atoms. The molecule has 0 aromatic heterocycles. The highest BCUT2D eigenvalue weighted by Gasteiger charge is 2.40. The molecule has 0 radical (unpaired) electrons. The zero-order chi connectivity index (χ0) is 14.7. The zero-order valence-electron chi connectivity index (χ0n) is 12.9. The summed E-state index contributed by atoms with van der Waals surface area (Å²) in [4.78, 5) is 0. The first-order chi connectivity index (χ1) is 10.2. The molecule has 114 valence electrons. The summed E-state index contributed by atoms with van der Waals surface area (Å²) < 4.78 is 14.6. The van der Waals surface area contributed by atoms with Crippen molar-refractivity contribution in [2.45, 2.75) is 57.2 Å². The average Bonchev–Trinajstić information content (AvgIpc) is 3.27. The van der Waals surface area contributed by atoms with Crippen molar-refractivity contribution in [3.8, 4) is 0 Å². The van der Waals surface area contributed by atoms with Crippen LogP contribution in [0.2, 0.25) is 0 Å². The number of rotatable bonds is 5. The van der Waals surface area contributed by atoms with Gasteiger partial charge in [0, 0.05) is 12.6 Å². The molecule has 2 aliphatic rings. The molecule has 0 amide bonds. The van der Waals surface area contributed by atoms with Gasteiger partial charge in [0.05, 0.1) is 0 Å². The second-order valence-electron chi connectivity index (χ2n) is 6.84. The molecule has 0 saturated heterocycles. The maximum Gasteiger partial charge on any atom is 0.123 e. The summed E-state index contributed by atoms with van der Waals surface area (Å²) in [6, 6.07) is 10.9. The van der Waals surface area contributed by atoms with E-state index in [1.54, 1.807) is 0 Å². The highest BCUT2D eigenvalue weighted by atomic mass is 19.1. The van der Waals surface area contributed by atoms with Gasteiger partial charge in [-0.05, 0) is 37.7 Å². The van der Waals surface area contributed by atoms with Crippen molar-refractivity contribution in [2.24, 2.45) is 5.92 Å². The molecule has 2 heteroatoms. The lowest BCUT2D eigenvalue weighted by molar-refractivity contribution is 0.105. The first-order valence-electron chi connectivity index (χ1n) is 8.32. The van der Waals surface area contributed by atoms with Crippen LogP contribution in [0.1, 0.15) is 51.0 Å². The molecule has 21 heavy (non-hydrogen) atoms. The topological polar surface area (TPSA) is 12.0 Å². The Hall–Kier alpha value is -1.15. The molecule has 1 aromatic carbocycles. The number of hydrogen-bond donors (Lipinski definition) is 1. The van der Waals surface area contributed by atoms with Crippen LogP contribution in [0.5, 0.6) is 0 Å². The molecular formula is C19H26FN. The second kappa shape index (κ2) is 6.31. The fourth-order valence-electron chi connectivity index (χ4n) is 3.52. The number of halogens is 1. The predicted octanol–water partition coefficient (Wildman–Crippen LogP) is 4.74. The van der Waals surface area contributed by atoms with E-state index in [2.05, 4.69) is 42.6 Å². The maximum atomic E-state index is 14.6. The summed E-state index contributed by atoms with van der Waals surface area (Å²) in [6.07, 6.45) is 8.23. The van der Waals surface area contributed by atoms with E-state index in [1.165, 1.54) is 17.6 Å². The fourth-order valence-corrected chi connectivity index (χ4v) is 3.52. The largest absolute Gasteiger partial charge is 0.310 e. The first kappa shape index (κ1) is 14.8. The minimum Gasteiger partial charge on any atom is -0.310 e. The second-order valence-corrected chi connectivity index (χ2v) is 6.84. The van der Waals surface area contributed by atoms with Crippen molar-refractivity contribution >= 4 is 6.08 Å². The predicted molar refractivity (Wildman–Crippen MR) is 86.9 cm³/mol. The Balaban J connectivity index is 1.49. The molecule has 2 atom stereocenters. The number of alkyl halides is 1. The summed E-state index contributed by atoms with van der Waals surface area (Å²) in [5, 5.41) is 3.47. The van der Waals surface area contributed by atoms with Crippen molar-refractivity contribution in [3.05, 3.63) is 41.5 Å². The van der Waals surface area contributed by atoms with Crippen LogP contribution < -0.4 is 5.32 Å². The molecule has 1 aromatic rings. The van der Waals surface area contributed by atoms with Crippen molar-refractivity contribution in [1.82, 2.24) is 5.32 Å². The van der Waals surface area contributed by atoms with Gasteiger partial charge in [-0.15, -0.1) is 0 Å². The van der Waals surface area contributed by atoms with Gasteiger partial charge in [0.15, 0.2) is 0 Å². The molecular weight excluding hydrogens is 261 g/mol. The molecule has 0 bridgehead atoms. The standard InChI is InChI=1S/C19H26FN/c1-15(12-16-8-4-2-5-9-16)17-13-18(17)21-14-19(20)10-6-3-7-11-19/h2,4-5,8-9,12,17-18,21H,3,6-7,10-11,13-14H2,1H3/b15-12+. The molecule has 2 aliphatic carbocycles. The lowest BCUT2D eigenvalue weighted by atomic mass is 9.86. The number of nitrogens with one attached hydrogen (secondary N) is 1. The molecule has 1 N–H and O–H groups in total. The van der Waals surface area contributed by atoms with Crippen LogP contribution in [0.15, 0.2) is 35.9 Å². The molecule has 2 fully saturated rings. The quantitative estimate of drug-likeness (QED) is 0.824. The summed E-state index contributed by atoms with van der Waals surface area (Å²) in [7, 11) is 0. The van der Waals surface area contributed by atoms with E-state index >= 15 is 0 Å². The first-order valence-corrected chi connectivity index (χ1v) is 8.32. The Labute approximate surface area is 127 Å². The highest BCUT2D eigenvalue weighted by molar-refractivity contribution is 5.53. The molecule has 2 unspecified atom stereocenters. The van der Waals surface area contributed by atoms with Crippen LogP contribution in [0.25, 0.3) is 6.08 Å². The smallest absolute Gasteiger partial charge is 0.123 e. The summed E-state index contributed by atoms with van der Waals surface area (Å²) in [6.45, 7) is 2.75. The van der Waals surface area contributed by atoms with Crippen LogP contribution in [-0.4, -0.2) is 18.3 Å². The van der Waals surface area contributed by atoms with Gasteiger partial charge in [-0.25, -0.2) is 4.39 Å². The summed E-state index contributed by atoms with van der Waals surface area (Å²) in [5.74, 6) is 0.595. The lowest BCUT2D eigenvalue weighted by Gasteiger charge is -2.29. The van der Waals surface area contributed by atoms with E-state index in [-0.39, 0.29) is 0 Å². The molecule has 1 nitrogen and oxygen atoms in total. The third-order valence-electron chi connectivity index (χ3n) is 5.00. The van der Waals surface area contributed by atoms with Crippen LogP contribution in [-0.2, 0) is 0 Å². The normalized spacial score (nSPS) is 28.4. The SMILES string of the molecule is C/C(=C\c1ccccc1)C1CC1NCC1(F)CCCCC1. The number of hydrogen-bond acceptors (Lipinski definition) is 1. The van der Waals surface area contributed by atoms with Crippen LogP contribution in [0, 0.1) is 5.92 Å². The third kappa shape index (κ3) is 3.94. The van der Waals surface area contributed by atoms with Gasteiger partial charge in [-0.3, -0.25) is 0 Å². The summed E-state index contributed by atoms with van der Waals surface area (Å²) >= 11 is 0. The fraction of sp³-hybridized carbons (Fsp3) is 0.579. The molecule has 2 saturated carbocycles. The van der Waals surface area contributed by atoms with Crippen LogP contribution >= 0.6 is 0 Å². The van der Waals surface area contributed by atoms with Gasteiger partial charge in [0.1, 0.15) is 5.67 Å². The average molecular weight is 287 g/mol. The van der Waals surface area contributed by atoms with Crippen molar-refractivity contribution < 1.29 is 4.39 Å². The summed E-state index contributed by atoms with van der Waals surface area (Å²) in [5.41, 5.74) is 1.73. The minimum atomic E-state index is -0.942. The molecule has 0 aliphatic heterocycles. The Morgan fingerprint density at radius 2 is 1.95 bits per heavy atom. The van der Waals surface area contributed by atoms with E-state index in [4.69, 9.17) is 0 Å². The van der Waals surface area contributed by atoms with Crippen molar-refractivity contribution in [2.75, 3.05) is 6.54 Å². The Morgan fingerprint density at radius 3 is 2.67 bits per heavy atom. The Kier molecular flexibility index (Phi) is 4.44. The van der Waals surface area contributed by atoms with E-state index < -0.39 is 5.67 Å². The lowest BCUT2D eigenvalue weighted by Crippen LogP contribution is -2.39. The maximum absolute atomic E-state index is 14.6. The van der Waals surface area contributed by atoms with Crippen molar-refractivity contribution in [1.29, 1.82) is 0 Å². The van der Waals surface area contributed by atoms with Gasteiger partial charge in [0.25, 0.3) is 0 Å². The Morgan fingerprint density at radius 1 is 1.24 bits per heavy atom. The van der Waals surface area contributed by atoms with Gasteiger partial charge in [-0.2, -0.15) is 0 Å². The third-order valence-corrected chi connectivity index (χ3v) is 5.00. The van der Waals surface area contributed by atoms with E-state index in [9.17, 15) is 4.39 Å². The van der Waals surface area contributed by atoms with E-state index in [1.807, 2.05) is 6.07 Å². The van der Waals surface area contributed by atoms with Crippen molar-refractivity contribution in [3.63, 3.8) is 0 Å². The zero-order valence-corrected chi connectivity index (χ0v) is 12.9. The van der Waals surface area contributed by atoms with Gasteiger partial charge >= 0.3 is 0 Å². The monoisotopic (exact) mass is 287 g/mol. The molecule has 0 heterocycles. The van der Waals surface area contributed by atoms with Crippen LogP contribution in [0.3, 0.4) is 0 Å². The highest BCUT2D eigenvalue weighted by Crippen LogP contribution is 2.39. The van der Waals surface area contributed by atoms with Crippen LogP contribution in [0.4, 0.5) is 4.39 Å². The van der Waals surface area contributed by atoms with Gasteiger partial charge in [-0.1, -0.05) is 61.2 Å². The molecule has 3 rings (SSSR count). The van der Waals surface area contributed by atoms with Gasteiger partial charge in [0.2, 0.25) is 0 Å². The van der Waals surface area contributed by atoms with E-state index in [0.29, 0.717) is 18.5 Å². The Bertz CT molecular complexity index is 488. The van der Waals surface area contributed by atoms with Gasteiger partial charge < -0.3 is 5.32 Å². The minimum absolute atomic E-state index is 0.486.